The topological polar surface area (TPSA) is 68.0 Å². The molecule has 1 amide bonds. The molecule has 0 saturated heterocycles. The highest BCUT2D eigenvalue weighted by Gasteiger charge is 2.28. The summed E-state index contributed by atoms with van der Waals surface area (Å²) in [4.78, 5) is 15.3. The maximum atomic E-state index is 11.3. The third kappa shape index (κ3) is 4.32. The summed E-state index contributed by atoms with van der Waals surface area (Å²) in [6.07, 6.45) is 1.68. The van der Waals surface area contributed by atoms with E-state index in [0.717, 1.165) is 5.56 Å². The Morgan fingerprint density at radius 2 is 2.18 bits per heavy atom. The first-order chi connectivity index (χ1) is 7.80. The van der Waals surface area contributed by atoms with E-state index in [1.165, 1.54) is 0 Å². The highest BCUT2D eigenvalue weighted by molar-refractivity contribution is 6.29. The average molecular weight is 256 g/mol. The number of hydrogen-bond acceptors (Lipinski definition) is 3. The first kappa shape index (κ1) is 13.9. The molecule has 0 saturated carbocycles. The van der Waals surface area contributed by atoms with E-state index >= 15 is 0 Å². The Kier molecular flexibility index (Phi) is 4.48. The van der Waals surface area contributed by atoms with Crippen LogP contribution in [0.5, 0.6) is 0 Å². The second kappa shape index (κ2) is 5.47. The zero-order valence-corrected chi connectivity index (χ0v) is 11.1. The van der Waals surface area contributed by atoms with Gasteiger partial charge in [-0.1, -0.05) is 38.4 Å². The molecule has 0 spiro atoms. The van der Waals surface area contributed by atoms with Crippen LogP contribution in [-0.4, -0.2) is 16.9 Å². The number of nitrogens with one attached hydrogen (secondary N) is 1. The van der Waals surface area contributed by atoms with Gasteiger partial charge in [-0.05, 0) is 17.0 Å². The molecule has 3 N–H and O–H groups in total. The second-order valence-corrected chi connectivity index (χ2v) is 5.46. The lowest BCUT2D eigenvalue weighted by atomic mass is 9.86. The van der Waals surface area contributed by atoms with Crippen molar-refractivity contribution < 1.29 is 4.79 Å². The van der Waals surface area contributed by atoms with E-state index in [4.69, 9.17) is 17.3 Å². The smallest absolute Gasteiger partial charge is 0.235 e. The quantitative estimate of drug-likeness (QED) is 0.805. The van der Waals surface area contributed by atoms with E-state index in [-0.39, 0.29) is 17.4 Å². The number of carbonyl (C=O) groups excluding carboxylic acids is 1. The molecule has 0 unspecified atom stereocenters. The van der Waals surface area contributed by atoms with Gasteiger partial charge in [0.2, 0.25) is 5.91 Å². The van der Waals surface area contributed by atoms with Crippen molar-refractivity contribution in [2.75, 3.05) is 0 Å². The summed E-state index contributed by atoms with van der Waals surface area (Å²) in [6, 6.07) is 3.20. The summed E-state index contributed by atoms with van der Waals surface area (Å²) >= 11 is 5.69. The fraction of sp³-hybridized carbons (Fsp3) is 0.500. The summed E-state index contributed by atoms with van der Waals surface area (Å²) in [7, 11) is 0. The number of halogens is 1. The SMILES string of the molecule is CC(C)(C)[C@H](NCc1ccc(Cl)nc1)C(N)=O. The highest BCUT2D eigenvalue weighted by atomic mass is 35.5. The lowest BCUT2D eigenvalue weighted by Gasteiger charge is -2.28. The van der Waals surface area contributed by atoms with E-state index in [1.54, 1.807) is 12.3 Å². The zero-order valence-electron chi connectivity index (χ0n) is 10.3. The van der Waals surface area contributed by atoms with Crippen LogP contribution in [0.1, 0.15) is 26.3 Å². The first-order valence-corrected chi connectivity index (χ1v) is 5.81. The fourth-order valence-electron chi connectivity index (χ4n) is 1.56. The van der Waals surface area contributed by atoms with Gasteiger partial charge in [0.1, 0.15) is 5.15 Å². The van der Waals surface area contributed by atoms with Gasteiger partial charge in [-0.15, -0.1) is 0 Å². The van der Waals surface area contributed by atoms with E-state index < -0.39 is 0 Å². The Balaban J connectivity index is 2.65. The predicted molar refractivity (Wildman–Crippen MR) is 68.5 cm³/mol. The molecule has 1 aromatic heterocycles. The van der Waals surface area contributed by atoms with Gasteiger partial charge in [0.15, 0.2) is 0 Å². The summed E-state index contributed by atoms with van der Waals surface area (Å²) in [6.45, 7) is 6.44. The van der Waals surface area contributed by atoms with Gasteiger partial charge in [0.05, 0.1) is 6.04 Å². The molecule has 1 rings (SSSR count). The molecule has 0 fully saturated rings. The van der Waals surface area contributed by atoms with Crippen LogP contribution in [0, 0.1) is 5.41 Å². The molecule has 4 nitrogen and oxygen atoms in total. The lowest BCUT2D eigenvalue weighted by Crippen LogP contribution is -2.49. The molecule has 0 aliphatic heterocycles. The van der Waals surface area contributed by atoms with E-state index in [2.05, 4.69) is 10.3 Å². The van der Waals surface area contributed by atoms with Gasteiger partial charge in [-0.2, -0.15) is 0 Å². The van der Waals surface area contributed by atoms with Crippen molar-refractivity contribution in [3.05, 3.63) is 29.0 Å². The highest BCUT2D eigenvalue weighted by Crippen LogP contribution is 2.19. The number of hydrogen-bond donors (Lipinski definition) is 2. The number of nitrogens with zero attached hydrogens (tertiary/aromatic N) is 1. The minimum Gasteiger partial charge on any atom is -0.368 e. The molecule has 94 valence electrons. The van der Waals surface area contributed by atoms with Crippen molar-refractivity contribution in [1.29, 1.82) is 0 Å². The Hall–Kier alpha value is -1.13. The number of rotatable bonds is 4. The Morgan fingerprint density at radius 3 is 2.59 bits per heavy atom. The molecular weight excluding hydrogens is 238 g/mol. The fourth-order valence-corrected chi connectivity index (χ4v) is 1.68. The van der Waals surface area contributed by atoms with Crippen LogP contribution >= 0.6 is 11.6 Å². The molecule has 0 aromatic carbocycles. The first-order valence-electron chi connectivity index (χ1n) is 5.44. The van der Waals surface area contributed by atoms with Gasteiger partial charge < -0.3 is 11.1 Å². The molecule has 5 heteroatoms. The van der Waals surface area contributed by atoms with Crippen LogP contribution in [0.25, 0.3) is 0 Å². The Morgan fingerprint density at radius 1 is 1.53 bits per heavy atom. The van der Waals surface area contributed by atoms with E-state index in [1.807, 2.05) is 26.8 Å². The molecule has 1 atom stereocenters. The molecule has 17 heavy (non-hydrogen) atoms. The molecule has 1 heterocycles. The number of primary amides is 1. The maximum absolute atomic E-state index is 11.3. The summed E-state index contributed by atoms with van der Waals surface area (Å²) in [5.74, 6) is -0.348. The minimum atomic E-state index is -0.377. The van der Waals surface area contributed by atoms with Crippen molar-refractivity contribution in [1.82, 2.24) is 10.3 Å². The lowest BCUT2D eigenvalue weighted by molar-refractivity contribution is -0.122. The van der Waals surface area contributed by atoms with Crippen LogP contribution in [0.4, 0.5) is 0 Å². The molecule has 0 radical (unpaired) electrons. The normalized spacial score (nSPS) is 13.4. The van der Waals surface area contributed by atoms with Crippen molar-refractivity contribution in [2.45, 2.75) is 33.4 Å². The number of pyridine rings is 1. The number of aromatic nitrogens is 1. The number of carbonyl (C=O) groups is 1. The van der Waals surface area contributed by atoms with Crippen molar-refractivity contribution in [3.8, 4) is 0 Å². The monoisotopic (exact) mass is 255 g/mol. The van der Waals surface area contributed by atoms with Gasteiger partial charge in [-0.25, -0.2) is 4.98 Å². The van der Waals surface area contributed by atoms with Gasteiger partial charge >= 0.3 is 0 Å². The van der Waals surface area contributed by atoms with Crippen molar-refractivity contribution in [2.24, 2.45) is 11.1 Å². The third-order valence-electron chi connectivity index (χ3n) is 2.45. The Bertz CT molecular complexity index is 384. The zero-order chi connectivity index (χ0) is 13.1. The van der Waals surface area contributed by atoms with Gasteiger partial charge in [-0.3, -0.25) is 4.79 Å². The summed E-state index contributed by atoms with van der Waals surface area (Å²) in [5.41, 5.74) is 6.12. The van der Waals surface area contributed by atoms with Gasteiger partial charge in [0, 0.05) is 12.7 Å². The standard InChI is InChI=1S/C12H18ClN3O/c1-12(2,3)10(11(14)17)16-7-8-4-5-9(13)15-6-8/h4-6,10,16H,7H2,1-3H3,(H2,14,17)/t10-/m1/s1. The average Bonchev–Trinajstić information content (AvgIpc) is 2.18. The van der Waals surface area contributed by atoms with Crippen molar-refractivity contribution in [3.63, 3.8) is 0 Å². The minimum absolute atomic E-state index is 0.217. The molecule has 0 aliphatic rings. The summed E-state index contributed by atoms with van der Waals surface area (Å²) < 4.78 is 0. The third-order valence-corrected chi connectivity index (χ3v) is 2.67. The molecule has 0 bridgehead atoms. The predicted octanol–water partition coefficient (Wildman–Crippen LogP) is 1.72. The van der Waals surface area contributed by atoms with Crippen LogP contribution in [0.2, 0.25) is 5.15 Å². The van der Waals surface area contributed by atoms with Crippen LogP contribution in [0.15, 0.2) is 18.3 Å². The van der Waals surface area contributed by atoms with Crippen LogP contribution < -0.4 is 11.1 Å². The van der Waals surface area contributed by atoms with Crippen molar-refractivity contribution >= 4 is 17.5 Å². The van der Waals surface area contributed by atoms with Crippen LogP contribution in [-0.2, 0) is 11.3 Å². The Labute approximate surface area is 107 Å². The van der Waals surface area contributed by atoms with Crippen LogP contribution in [0.3, 0.4) is 0 Å². The molecule has 0 aliphatic carbocycles. The summed E-state index contributed by atoms with van der Waals surface area (Å²) in [5, 5.41) is 3.59. The number of amides is 1. The maximum Gasteiger partial charge on any atom is 0.235 e. The van der Waals surface area contributed by atoms with E-state index in [9.17, 15) is 4.79 Å². The number of nitrogens with two attached hydrogens (primary N) is 1. The van der Waals surface area contributed by atoms with E-state index in [0.29, 0.717) is 11.7 Å². The molecule has 1 aromatic rings. The second-order valence-electron chi connectivity index (χ2n) is 5.07. The largest absolute Gasteiger partial charge is 0.368 e. The van der Waals surface area contributed by atoms with Gasteiger partial charge in [0.25, 0.3) is 0 Å². The molecular formula is C12H18ClN3O.